The van der Waals surface area contributed by atoms with E-state index in [4.69, 9.17) is 4.74 Å². The van der Waals surface area contributed by atoms with Crippen molar-refractivity contribution in [3.63, 3.8) is 0 Å². The number of hydrogen-bond donors (Lipinski definition) is 3. The first-order valence-electron chi connectivity index (χ1n) is 6.82. The molecule has 0 aliphatic carbocycles. The van der Waals surface area contributed by atoms with Gasteiger partial charge in [-0.25, -0.2) is 4.98 Å². The summed E-state index contributed by atoms with van der Waals surface area (Å²) in [6.07, 6.45) is 1.50. The van der Waals surface area contributed by atoms with Crippen LogP contribution < -0.4 is 15.7 Å². The summed E-state index contributed by atoms with van der Waals surface area (Å²) in [5.41, 5.74) is 4.28. The summed E-state index contributed by atoms with van der Waals surface area (Å²) >= 11 is 0. The van der Waals surface area contributed by atoms with Gasteiger partial charge in [0.25, 0.3) is 5.56 Å². The van der Waals surface area contributed by atoms with Crippen molar-refractivity contribution in [2.75, 3.05) is 12.5 Å². The van der Waals surface area contributed by atoms with Crippen molar-refractivity contribution in [2.24, 2.45) is 5.10 Å². The molecule has 0 bridgehead atoms. The molecule has 0 aliphatic heterocycles. The molecule has 1 aromatic heterocycles. The zero-order valence-corrected chi connectivity index (χ0v) is 12.3. The molecule has 0 atom stereocenters. The summed E-state index contributed by atoms with van der Waals surface area (Å²) in [6, 6.07) is 12.0. The van der Waals surface area contributed by atoms with E-state index >= 15 is 0 Å². The first kappa shape index (κ1) is 14.6. The number of anilines is 1. The molecule has 0 saturated carbocycles. The summed E-state index contributed by atoms with van der Waals surface area (Å²) in [4.78, 5) is 18.9. The van der Waals surface area contributed by atoms with E-state index in [1.807, 2.05) is 12.1 Å². The average Bonchev–Trinajstić information content (AvgIpc) is 2.56. The molecule has 0 unspecified atom stereocenters. The Labute approximate surface area is 131 Å². The van der Waals surface area contributed by atoms with Gasteiger partial charge in [-0.1, -0.05) is 12.1 Å². The van der Waals surface area contributed by atoms with Crippen LogP contribution >= 0.6 is 0 Å². The van der Waals surface area contributed by atoms with Gasteiger partial charge in [-0.05, 0) is 35.9 Å². The monoisotopic (exact) mass is 310 g/mol. The quantitative estimate of drug-likeness (QED) is 0.506. The Morgan fingerprint density at radius 3 is 2.96 bits per heavy atom. The fourth-order valence-electron chi connectivity index (χ4n) is 2.05. The molecule has 7 heteroatoms. The molecule has 1 heterocycles. The first-order valence-corrected chi connectivity index (χ1v) is 6.82. The number of methoxy groups -OCH3 is 1. The number of ether oxygens (including phenoxy) is 1. The lowest BCUT2D eigenvalue weighted by Gasteiger charge is -2.04. The minimum Gasteiger partial charge on any atom is -0.504 e. The molecule has 3 aromatic rings. The predicted octanol–water partition coefficient (Wildman–Crippen LogP) is 2.08. The van der Waals surface area contributed by atoms with Crippen molar-refractivity contribution in [3.05, 3.63) is 58.4 Å². The third kappa shape index (κ3) is 3.13. The molecule has 7 nitrogen and oxygen atoms in total. The molecular weight excluding hydrogens is 296 g/mol. The number of hydrazone groups is 1. The number of nitrogens with one attached hydrogen (secondary N) is 2. The molecule has 116 valence electrons. The van der Waals surface area contributed by atoms with E-state index in [0.717, 1.165) is 0 Å². The molecule has 0 saturated heterocycles. The van der Waals surface area contributed by atoms with E-state index in [1.165, 1.54) is 19.4 Å². The van der Waals surface area contributed by atoms with Crippen LogP contribution in [-0.2, 0) is 0 Å². The Hall–Kier alpha value is -3.35. The zero-order valence-electron chi connectivity index (χ0n) is 12.3. The smallest absolute Gasteiger partial charge is 0.293 e. The summed E-state index contributed by atoms with van der Waals surface area (Å²) in [5, 5.41) is 13.5. The highest BCUT2D eigenvalue weighted by Crippen LogP contribution is 2.25. The second kappa shape index (κ2) is 6.18. The standard InChI is InChI=1S/C16H14N4O3/c1-23-14-8-10(6-7-13(14)21)9-17-20-15-16(22)19-12-5-3-2-4-11(12)18-15/h2-9,21H,1H3,(H,18,20)(H,19,22)/b17-9+. The Bertz CT molecular complexity index is 934. The van der Waals surface area contributed by atoms with Crippen LogP contribution in [0.2, 0.25) is 0 Å². The second-order valence-corrected chi connectivity index (χ2v) is 4.73. The molecule has 0 amide bonds. The van der Waals surface area contributed by atoms with Crippen molar-refractivity contribution in [1.82, 2.24) is 9.97 Å². The number of rotatable bonds is 4. The zero-order chi connectivity index (χ0) is 16.2. The van der Waals surface area contributed by atoms with Gasteiger partial charge in [-0.15, -0.1) is 0 Å². The summed E-state index contributed by atoms with van der Waals surface area (Å²) in [7, 11) is 1.47. The number of aromatic amines is 1. The minimum absolute atomic E-state index is 0.0465. The third-order valence-corrected chi connectivity index (χ3v) is 3.19. The SMILES string of the molecule is COc1cc(/C=N/Nc2nc3ccccc3[nH]c2=O)ccc1O. The average molecular weight is 310 g/mol. The molecule has 3 rings (SSSR count). The van der Waals surface area contributed by atoms with E-state index < -0.39 is 0 Å². The fraction of sp³-hybridized carbons (Fsp3) is 0.0625. The Morgan fingerprint density at radius 2 is 2.13 bits per heavy atom. The number of nitrogens with zero attached hydrogens (tertiary/aromatic N) is 2. The number of benzene rings is 2. The molecule has 0 spiro atoms. The van der Waals surface area contributed by atoms with Gasteiger partial charge in [-0.2, -0.15) is 5.10 Å². The fourth-order valence-corrected chi connectivity index (χ4v) is 2.05. The maximum Gasteiger partial charge on any atom is 0.293 e. The lowest BCUT2D eigenvalue weighted by molar-refractivity contribution is 0.373. The van der Waals surface area contributed by atoms with E-state index in [1.54, 1.807) is 24.3 Å². The van der Waals surface area contributed by atoms with Gasteiger partial charge in [-0.3, -0.25) is 10.2 Å². The highest BCUT2D eigenvalue weighted by molar-refractivity contribution is 5.81. The van der Waals surface area contributed by atoms with Crippen LogP contribution in [0.25, 0.3) is 11.0 Å². The number of hydrogen-bond acceptors (Lipinski definition) is 6. The number of phenolic OH excluding ortho intramolecular Hbond substituents is 1. The van der Waals surface area contributed by atoms with E-state index in [0.29, 0.717) is 22.3 Å². The van der Waals surface area contributed by atoms with Gasteiger partial charge < -0.3 is 14.8 Å². The van der Waals surface area contributed by atoms with Crippen LogP contribution in [0.4, 0.5) is 5.82 Å². The van der Waals surface area contributed by atoms with Gasteiger partial charge in [0, 0.05) is 0 Å². The first-order chi connectivity index (χ1) is 11.2. The number of H-pyrrole nitrogens is 1. The van der Waals surface area contributed by atoms with Crippen molar-refractivity contribution < 1.29 is 9.84 Å². The third-order valence-electron chi connectivity index (χ3n) is 3.19. The molecular formula is C16H14N4O3. The van der Waals surface area contributed by atoms with E-state index in [-0.39, 0.29) is 17.1 Å². The van der Waals surface area contributed by atoms with Crippen LogP contribution in [0, 0.1) is 0 Å². The van der Waals surface area contributed by atoms with Gasteiger partial charge in [0.05, 0.1) is 24.4 Å². The highest BCUT2D eigenvalue weighted by Gasteiger charge is 2.03. The topological polar surface area (TPSA) is 99.6 Å². The van der Waals surface area contributed by atoms with Gasteiger partial charge in [0.2, 0.25) is 5.82 Å². The van der Waals surface area contributed by atoms with Crippen LogP contribution in [-0.4, -0.2) is 28.4 Å². The van der Waals surface area contributed by atoms with Crippen molar-refractivity contribution in [2.45, 2.75) is 0 Å². The van der Waals surface area contributed by atoms with E-state index in [9.17, 15) is 9.90 Å². The number of para-hydroxylation sites is 2. The molecule has 23 heavy (non-hydrogen) atoms. The largest absolute Gasteiger partial charge is 0.504 e. The molecule has 0 fully saturated rings. The van der Waals surface area contributed by atoms with Crippen molar-refractivity contribution in [3.8, 4) is 11.5 Å². The second-order valence-electron chi connectivity index (χ2n) is 4.73. The normalized spacial score (nSPS) is 11.0. The van der Waals surface area contributed by atoms with Gasteiger partial charge in [0.15, 0.2) is 11.5 Å². The summed E-state index contributed by atoms with van der Waals surface area (Å²) < 4.78 is 5.02. The maximum atomic E-state index is 11.9. The minimum atomic E-state index is -0.357. The predicted molar refractivity (Wildman–Crippen MR) is 88.2 cm³/mol. The molecule has 0 radical (unpaired) electrons. The van der Waals surface area contributed by atoms with E-state index in [2.05, 4.69) is 20.5 Å². The molecule has 0 aliphatic rings. The molecule has 3 N–H and O–H groups in total. The summed E-state index contributed by atoms with van der Waals surface area (Å²) in [5.74, 6) is 0.492. The highest BCUT2D eigenvalue weighted by atomic mass is 16.5. The lowest BCUT2D eigenvalue weighted by Crippen LogP contribution is -2.13. The number of phenols is 1. The number of aromatic nitrogens is 2. The molecule has 2 aromatic carbocycles. The van der Waals surface area contributed by atoms with Crippen LogP contribution in [0.3, 0.4) is 0 Å². The van der Waals surface area contributed by atoms with Crippen LogP contribution in [0.15, 0.2) is 52.4 Å². The van der Waals surface area contributed by atoms with Gasteiger partial charge >= 0.3 is 0 Å². The Balaban J connectivity index is 1.83. The summed E-state index contributed by atoms with van der Waals surface area (Å²) in [6.45, 7) is 0. The van der Waals surface area contributed by atoms with Crippen molar-refractivity contribution >= 4 is 23.1 Å². The van der Waals surface area contributed by atoms with Crippen LogP contribution in [0.1, 0.15) is 5.56 Å². The van der Waals surface area contributed by atoms with Crippen LogP contribution in [0.5, 0.6) is 11.5 Å². The van der Waals surface area contributed by atoms with Crippen molar-refractivity contribution in [1.29, 1.82) is 0 Å². The maximum absolute atomic E-state index is 11.9. The lowest BCUT2D eigenvalue weighted by atomic mass is 10.2. The van der Waals surface area contributed by atoms with Gasteiger partial charge in [0.1, 0.15) is 0 Å². The Kier molecular flexibility index (Phi) is 3.92. The Morgan fingerprint density at radius 1 is 1.30 bits per heavy atom. The number of fused-ring (bicyclic) bond motifs is 1. The number of aromatic hydroxyl groups is 1.